The number of nitrogens with zero attached hydrogens (tertiary/aromatic N) is 2. The molecule has 0 fully saturated rings. The van der Waals surface area contributed by atoms with Crippen molar-refractivity contribution in [2.75, 3.05) is 30.0 Å². The second kappa shape index (κ2) is 8.20. The van der Waals surface area contributed by atoms with Gasteiger partial charge in [-0.05, 0) is 49.4 Å². The third kappa shape index (κ3) is 3.78. The first-order valence-electron chi connectivity index (χ1n) is 10.2. The standard InChI is InChI=1S/C24H25N3O4S/c1-5-27-21-9-7-6-8-18(21)19-14-16(10-12-22(19)27)25-24(28)20-15-17(11-13-23(20)31-3)26(2)32(4,29)30/h6-15H,5H2,1-4H3,(H,25,28). The van der Waals surface area contributed by atoms with E-state index in [1.54, 1.807) is 12.1 Å². The molecular formula is C24H25N3O4S. The third-order valence-corrected chi connectivity index (χ3v) is 6.84. The lowest BCUT2D eigenvalue weighted by Crippen LogP contribution is -2.25. The summed E-state index contributed by atoms with van der Waals surface area (Å²) in [4.78, 5) is 13.1. The molecule has 1 amide bonds. The normalized spacial score (nSPS) is 11.6. The average molecular weight is 452 g/mol. The zero-order valence-corrected chi connectivity index (χ0v) is 19.2. The number of carbonyl (C=O) groups excluding carboxylic acids is 1. The Labute approximate surface area is 187 Å². The lowest BCUT2D eigenvalue weighted by atomic mass is 10.1. The fourth-order valence-corrected chi connectivity index (χ4v) is 4.43. The maximum absolute atomic E-state index is 13.1. The summed E-state index contributed by atoms with van der Waals surface area (Å²) in [6.45, 7) is 2.95. The molecule has 1 heterocycles. The van der Waals surface area contributed by atoms with Crippen molar-refractivity contribution >= 4 is 49.1 Å². The predicted octanol–water partition coefficient (Wildman–Crippen LogP) is 4.47. The van der Waals surface area contributed by atoms with Gasteiger partial charge in [-0.25, -0.2) is 8.42 Å². The van der Waals surface area contributed by atoms with Gasteiger partial charge in [0.25, 0.3) is 5.91 Å². The Morgan fingerprint density at radius 2 is 1.75 bits per heavy atom. The first-order valence-corrected chi connectivity index (χ1v) is 12.0. The SMILES string of the molecule is CCn1c2ccccc2c2cc(NC(=O)c3cc(N(C)S(C)(=O)=O)ccc3OC)ccc21. The fraction of sp³-hybridized carbons (Fsp3) is 0.208. The molecule has 3 aromatic carbocycles. The molecule has 166 valence electrons. The molecule has 0 unspecified atom stereocenters. The minimum Gasteiger partial charge on any atom is -0.496 e. The van der Waals surface area contributed by atoms with Gasteiger partial charge in [-0.2, -0.15) is 0 Å². The van der Waals surface area contributed by atoms with Gasteiger partial charge in [-0.1, -0.05) is 18.2 Å². The van der Waals surface area contributed by atoms with Crippen molar-refractivity contribution in [3.05, 3.63) is 66.2 Å². The topological polar surface area (TPSA) is 80.6 Å². The number of rotatable bonds is 6. The summed E-state index contributed by atoms with van der Waals surface area (Å²) in [5, 5.41) is 5.10. The number of anilines is 2. The summed E-state index contributed by atoms with van der Waals surface area (Å²) in [6, 6.07) is 18.7. The third-order valence-electron chi connectivity index (χ3n) is 5.64. The van der Waals surface area contributed by atoms with E-state index in [1.807, 2.05) is 30.3 Å². The highest BCUT2D eigenvalue weighted by Crippen LogP contribution is 2.32. The number of methoxy groups -OCH3 is 1. The second-order valence-corrected chi connectivity index (χ2v) is 9.58. The molecule has 0 saturated carbocycles. The molecule has 0 aliphatic carbocycles. The molecule has 8 heteroatoms. The molecule has 0 aliphatic rings. The summed E-state index contributed by atoms with van der Waals surface area (Å²) in [6.07, 6.45) is 1.11. The largest absolute Gasteiger partial charge is 0.496 e. The number of fused-ring (bicyclic) bond motifs is 3. The van der Waals surface area contributed by atoms with Crippen molar-refractivity contribution < 1.29 is 17.9 Å². The number of carbonyl (C=O) groups is 1. The summed E-state index contributed by atoms with van der Waals surface area (Å²) in [5.74, 6) is -0.0269. The van der Waals surface area contributed by atoms with Crippen LogP contribution >= 0.6 is 0 Å². The molecular weight excluding hydrogens is 426 g/mol. The molecule has 4 rings (SSSR count). The predicted molar refractivity (Wildman–Crippen MR) is 129 cm³/mol. The van der Waals surface area contributed by atoms with E-state index in [9.17, 15) is 13.2 Å². The van der Waals surface area contributed by atoms with Gasteiger partial charge in [0.2, 0.25) is 10.0 Å². The first-order chi connectivity index (χ1) is 15.2. The molecule has 0 radical (unpaired) electrons. The van der Waals surface area contributed by atoms with Crippen LogP contribution in [-0.4, -0.2) is 39.3 Å². The van der Waals surface area contributed by atoms with E-state index in [2.05, 4.69) is 28.9 Å². The van der Waals surface area contributed by atoms with Gasteiger partial charge in [0.15, 0.2) is 0 Å². The molecule has 0 saturated heterocycles. The highest BCUT2D eigenvalue weighted by Gasteiger charge is 2.19. The number of para-hydroxylation sites is 1. The maximum atomic E-state index is 13.1. The monoisotopic (exact) mass is 451 g/mol. The Balaban J connectivity index is 1.73. The number of hydrogen-bond donors (Lipinski definition) is 1. The number of aryl methyl sites for hydroxylation is 1. The Morgan fingerprint density at radius 3 is 2.44 bits per heavy atom. The van der Waals surface area contributed by atoms with Crippen molar-refractivity contribution in [2.24, 2.45) is 0 Å². The van der Waals surface area contributed by atoms with Crippen LogP contribution < -0.4 is 14.4 Å². The number of benzene rings is 3. The van der Waals surface area contributed by atoms with E-state index in [0.717, 1.165) is 38.9 Å². The van der Waals surface area contributed by atoms with E-state index in [0.29, 0.717) is 17.1 Å². The van der Waals surface area contributed by atoms with E-state index >= 15 is 0 Å². The number of aromatic nitrogens is 1. The Bertz CT molecular complexity index is 1440. The molecule has 0 bridgehead atoms. The quantitative estimate of drug-likeness (QED) is 0.469. The van der Waals surface area contributed by atoms with Gasteiger partial charge in [0, 0.05) is 41.1 Å². The van der Waals surface area contributed by atoms with Crippen LogP contribution in [-0.2, 0) is 16.6 Å². The van der Waals surface area contributed by atoms with E-state index in [-0.39, 0.29) is 11.5 Å². The second-order valence-electron chi connectivity index (χ2n) is 7.56. The number of hydrogen-bond acceptors (Lipinski definition) is 4. The van der Waals surface area contributed by atoms with Crippen LogP contribution in [0.1, 0.15) is 17.3 Å². The molecule has 0 spiro atoms. The van der Waals surface area contributed by atoms with Crippen molar-refractivity contribution in [2.45, 2.75) is 13.5 Å². The van der Waals surface area contributed by atoms with E-state index in [1.165, 1.54) is 20.2 Å². The van der Waals surface area contributed by atoms with E-state index < -0.39 is 10.0 Å². The van der Waals surface area contributed by atoms with Gasteiger partial charge in [0.1, 0.15) is 5.75 Å². The van der Waals surface area contributed by atoms with Gasteiger partial charge < -0.3 is 14.6 Å². The summed E-state index contributed by atoms with van der Waals surface area (Å²) < 4.78 is 32.5. The van der Waals surface area contributed by atoms with Gasteiger partial charge >= 0.3 is 0 Å². The Kier molecular flexibility index (Phi) is 5.56. The summed E-state index contributed by atoms with van der Waals surface area (Å²) in [5.41, 5.74) is 3.51. The van der Waals surface area contributed by atoms with Crippen LogP contribution in [0.3, 0.4) is 0 Å². The van der Waals surface area contributed by atoms with Crippen LogP contribution in [0.5, 0.6) is 5.75 Å². The maximum Gasteiger partial charge on any atom is 0.259 e. The molecule has 0 aliphatic heterocycles. The molecule has 0 atom stereocenters. The lowest BCUT2D eigenvalue weighted by molar-refractivity contribution is 0.102. The number of nitrogens with one attached hydrogen (secondary N) is 1. The van der Waals surface area contributed by atoms with E-state index in [4.69, 9.17) is 4.74 Å². The van der Waals surface area contributed by atoms with Crippen molar-refractivity contribution in [1.29, 1.82) is 0 Å². The van der Waals surface area contributed by atoms with Crippen LogP contribution in [0.15, 0.2) is 60.7 Å². The highest BCUT2D eigenvalue weighted by atomic mass is 32.2. The Morgan fingerprint density at radius 1 is 1.03 bits per heavy atom. The van der Waals surface area contributed by atoms with Gasteiger partial charge in [-0.15, -0.1) is 0 Å². The van der Waals surface area contributed by atoms with Gasteiger partial charge in [-0.3, -0.25) is 9.10 Å². The highest BCUT2D eigenvalue weighted by molar-refractivity contribution is 7.92. The smallest absolute Gasteiger partial charge is 0.259 e. The molecule has 7 nitrogen and oxygen atoms in total. The minimum absolute atomic E-state index is 0.247. The molecule has 32 heavy (non-hydrogen) atoms. The minimum atomic E-state index is -3.46. The van der Waals surface area contributed by atoms with Crippen molar-refractivity contribution in [1.82, 2.24) is 4.57 Å². The Hall–Kier alpha value is -3.52. The van der Waals surface area contributed by atoms with Crippen LogP contribution in [0, 0.1) is 0 Å². The number of sulfonamides is 1. The molecule has 1 N–H and O–H groups in total. The van der Waals surface area contributed by atoms with Crippen LogP contribution in [0.25, 0.3) is 21.8 Å². The molecule has 1 aromatic heterocycles. The summed E-state index contributed by atoms with van der Waals surface area (Å²) >= 11 is 0. The fourth-order valence-electron chi connectivity index (χ4n) is 3.93. The van der Waals surface area contributed by atoms with Crippen LogP contribution in [0.4, 0.5) is 11.4 Å². The van der Waals surface area contributed by atoms with Gasteiger partial charge in [0.05, 0.1) is 24.6 Å². The molecule has 4 aromatic rings. The number of ether oxygens (including phenoxy) is 1. The average Bonchev–Trinajstić information content (AvgIpc) is 3.10. The van der Waals surface area contributed by atoms with Crippen molar-refractivity contribution in [3.63, 3.8) is 0 Å². The zero-order chi connectivity index (χ0) is 23.0. The zero-order valence-electron chi connectivity index (χ0n) is 18.4. The number of amides is 1. The first kappa shape index (κ1) is 21.7. The summed E-state index contributed by atoms with van der Waals surface area (Å²) in [7, 11) is -0.553. The van der Waals surface area contributed by atoms with Crippen LogP contribution in [0.2, 0.25) is 0 Å². The lowest BCUT2D eigenvalue weighted by Gasteiger charge is -2.18. The van der Waals surface area contributed by atoms with Crippen molar-refractivity contribution in [3.8, 4) is 5.75 Å².